The van der Waals surface area contributed by atoms with Crippen molar-refractivity contribution >= 4 is 16.9 Å². The van der Waals surface area contributed by atoms with Crippen LogP contribution < -0.4 is 14.8 Å². The summed E-state index contributed by atoms with van der Waals surface area (Å²) in [4.78, 5) is 8.73. The van der Waals surface area contributed by atoms with Crippen molar-refractivity contribution in [3.05, 3.63) is 53.5 Å². The Kier molecular flexibility index (Phi) is 4.61. The maximum absolute atomic E-state index is 14.6. The van der Waals surface area contributed by atoms with E-state index in [1.807, 2.05) is 30.3 Å². The number of halogens is 1. The van der Waals surface area contributed by atoms with E-state index in [9.17, 15) is 9.65 Å². The third-order valence-electron chi connectivity index (χ3n) is 3.70. The molecule has 1 N–H and O–H groups in total. The number of aromatic nitrogens is 2. The second kappa shape index (κ2) is 7.01. The number of methoxy groups -OCH3 is 2. The van der Waals surface area contributed by atoms with Crippen molar-refractivity contribution in [1.82, 2.24) is 9.97 Å². The quantitative estimate of drug-likeness (QED) is 0.769. The molecule has 0 fully saturated rings. The highest BCUT2D eigenvalue weighted by Crippen LogP contribution is 2.33. The van der Waals surface area contributed by atoms with Crippen LogP contribution in [0.4, 0.5) is 10.2 Å². The third kappa shape index (κ3) is 3.15. The lowest BCUT2D eigenvalue weighted by Gasteiger charge is -2.14. The Morgan fingerprint density at radius 2 is 1.96 bits per heavy atom. The van der Waals surface area contributed by atoms with Crippen LogP contribution in [0, 0.1) is 17.1 Å². The van der Waals surface area contributed by atoms with Crippen LogP contribution in [0.15, 0.2) is 36.5 Å². The predicted molar refractivity (Wildman–Crippen MR) is 91.1 cm³/mol. The Bertz CT molecular complexity index is 969. The van der Waals surface area contributed by atoms with Gasteiger partial charge >= 0.3 is 0 Å². The monoisotopic (exact) mass is 338 g/mol. The first-order valence-corrected chi connectivity index (χ1v) is 7.47. The summed E-state index contributed by atoms with van der Waals surface area (Å²) in [5, 5.41) is 12.2. The third-order valence-corrected chi connectivity index (χ3v) is 3.70. The molecule has 0 bridgehead atoms. The van der Waals surface area contributed by atoms with Gasteiger partial charge in [0.1, 0.15) is 23.2 Å². The number of nitrogens with zero attached hydrogens (tertiary/aromatic N) is 3. The molecule has 0 radical (unpaired) electrons. The molecular formula is C18H15FN4O2. The van der Waals surface area contributed by atoms with E-state index in [0.29, 0.717) is 11.4 Å². The molecule has 6 nitrogen and oxygen atoms in total. The summed E-state index contributed by atoms with van der Waals surface area (Å²) in [7, 11) is 2.73. The summed E-state index contributed by atoms with van der Waals surface area (Å²) in [6, 6.07) is 10.8. The number of para-hydroxylation sites is 2. The summed E-state index contributed by atoms with van der Waals surface area (Å²) >= 11 is 0. The molecule has 0 spiro atoms. The molecule has 0 atom stereocenters. The minimum Gasteiger partial charge on any atom is -0.495 e. The number of nitriles is 1. The Morgan fingerprint density at radius 3 is 2.64 bits per heavy atom. The zero-order chi connectivity index (χ0) is 17.8. The molecule has 25 heavy (non-hydrogen) atoms. The Hall–Kier alpha value is -3.40. The molecule has 3 aromatic rings. The minimum absolute atomic E-state index is 0.0248. The normalized spacial score (nSPS) is 10.3. The SMILES string of the molecule is COc1cc(CNc2cnc3ccccc3n2)c(F)c(OC)c1C#N. The van der Waals surface area contributed by atoms with Crippen molar-refractivity contribution in [1.29, 1.82) is 5.26 Å². The van der Waals surface area contributed by atoms with E-state index in [4.69, 9.17) is 9.47 Å². The van der Waals surface area contributed by atoms with E-state index in [0.717, 1.165) is 11.0 Å². The van der Waals surface area contributed by atoms with E-state index >= 15 is 0 Å². The van der Waals surface area contributed by atoms with Crippen LogP contribution in [-0.2, 0) is 6.54 Å². The van der Waals surface area contributed by atoms with Gasteiger partial charge in [0, 0.05) is 12.1 Å². The Morgan fingerprint density at radius 1 is 1.20 bits per heavy atom. The van der Waals surface area contributed by atoms with E-state index in [1.165, 1.54) is 20.3 Å². The van der Waals surface area contributed by atoms with Gasteiger partial charge in [0.2, 0.25) is 0 Å². The molecule has 126 valence electrons. The van der Waals surface area contributed by atoms with Gasteiger partial charge in [-0.3, -0.25) is 4.98 Å². The molecule has 3 rings (SSSR count). The van der Waals surface area contributed by atoms with Crippen LogP contribution in [0.25, 0.3) is 11.0 Å². The first kappa shape index (κ1) is 16.5. The zero-order valence-electron chi connectivity index (χ0n) is 13.7. The van der Waals surface area contributed by atoms with Gasteiger partial charge in [-0.15, -0.1) is 0 Å². The summed E-state index contributed by atoms with van der Waals surface area (Å²) < 4.78 is 24.8. The Balaban J connectivity index is 1.90. The molecule has 0 aliphatic heterocycles. The second-order valence-corrected chi connectivity index (χ2v) is 5.17. The molecule has 0 amide bonds. The highest BCUT2D eigenvalue weighted by Gasteiger charge is 2.19. The summed E-state index contributed by atoms with van der Waals surface area (Å²) in [5.74, 6) is 0.0203. The molecule has 0 aliphatic carbocycles. The molecule has 1 heterocycles. The van der Waals surface area contributed by atoms with Gasteiger partial charge in [-0.05, 0) is 18.2 Å². The fourth-order valence-corrected chi connectivity index (χ4v) is 2.48. The first-order valence-electron chi connectivity index (χ1n) is 7.47. The smallest absolute Gasteiger partial charge is 0.176 e. The van der Waals surface area contributed by atoms with Crippen LogP contribution in [0.5, 0.6) is 11.5 Å². The van der Waals surface area contributed by atoms with Crippen LogP contribution in [-0.4, -0.2) is 24.2 Å². The number of hydrogen-bond acceptors (Lipinski definition) is 6. The number of nitrogens with one attached hydrogen (secondary N) is 1. The van der Waals surface area contributed by atoms with Crippen molar-refractivity contribution in [2.45, 2.75) is 6.54 Å². The average molecular weight is 338 g/mol. The van der Waals surface area contributed by atoms with E-state index < -0.39 is 5.82 Å². The maximum atomic E-state index is 14.6. The van der Waals surface area contributed by atoms with Gasteiger partial charge in [0.05, 0.1) is 31.4 Å². The maximum Gasteiger partial charge on any atom is 0.176 e. The van der Waals surface area contributed by atoms with Crippen molar-refractivity contribution < 1.29 is 13.9 Å². The van der Waals surface area contributed by atoms with Gasteiger partial charge in [0.15, 0.2) is 11.6 Å². The number of hydrogen-bond donors (Lipinski definition) is 1. The van der Waals surface area contributed by atoms with E-state index in [-0.39, 0.29) is 23.6 Å². The minimum atomic E-state index is -0.610. The second-order valence-electron chi connectivity index (χ2n) is 5.17. The molecule has 0 unspecified atom stereocenters. The fourth-order valence-electron chi connectivity index (χ4n) is 2.48. The Labute approximate surface area is 143 Å². The molecule has 0 saturated heterocycles. The highest BCUT2D eigenvalue weighted by atomic mass is 19.1. The van der Waals surface area contributed by atoms with Crippen molar-refractivity contribution in [3.63, 3.8) is 0 Å². The fraction of sp³-hybridized carbons (Fsp3) is 0.167. The van der Waals surface area contributed by atoms with Gasteiger partial charge in [-0.2, -0.15) is 5.26 Å². The molecule has 7 heteroatoms. The van der Waals surface area contributed by atoms with Gasteiger partial charge in [-0.25, -0.2) is 9.37 Å². The summed E-state index contributed by atoms with van der Waals surface area (Å²) in [5.41, 5.74) is 1.84. The van der Waals surface area contributed by atoms with Gasteiger partial charge in [0.25, 0.3) is 0 Å². The zero-order valence-corrected chi connectivity index (χ0v) is 13.7. The van der Waals surface area contributed by atoms with Crippen LogP contribution >= 0.6 is 0 Å². The van der Waals surface area contributed by atoms with Crippen LogP contribution in [0.1, 0.15) is 11.1 Å². The van der Waals surface area contributed by atoms with E-state index in [1.54, 1.807) is 6.20 Å². The van der Waals surface area contributed by atoms with Crippen molar-refractivity contribution in [2.24, 2.45) is 0 Å². The lowest BCUT2D eigenvalue weighted by atomic mass is 10.1. The summed E-state index contributed by atoms with van der Waals surface area (Å²) in [6.07, 6.45) is 1.58. The van der Waals surface area contributed by atoms with Crippen molar-refractivity contribution in [3.8, 4) is 17.6 Å². The van der Waals surface area contributed by atoms with Gasteiger partial charge < -0.3 is 14.8 Å². The van der Waals surface area contributed by atoms with Crippen molar-refractivity contribution in [2.75, 3.05) is 19.5 Å². The molecular weight excluding hydrogens is 323 g/mol. The van der Waals surface area contributed by atoms with Crippen LogP contribution in [0.2, 0.25) is 0 Å². The molecule has 1 aromatic heterocycles. The standard InChI is InChI=1S/C18H15FN4O2/c1-24-15-7-11(17(19)18(25-2)12(15)8-20)9-22-16-10-21-13-5-3-4-6-14(13)23-16/h3-7,10H,9H2,1-2H3,(H,22,23). The number of rotatable bonds is 5. The molecule has 0 aliphatic rings. The number of fused-ring (bicyclic) bond motifs is 1. The lowest BCUT2D eigenvalue weighted by molar-refractivity contribution is 0.369. The van der Waals surface area contributed by atoms with E-state index in [2.05, 4.69) is 15.3 Å². The number of anilines is 1. The largest absolute Gasteiger partial charge is 0.495 e. The number of benzene rings is 2. The molecule has 0 saturated carbocycles. The number of ether oxygens (including phenoxy) is 2. The topological polar surface area (TPSA) is 80.1 Å². The van der Waals surface area contributed by atoms with Crippen LogP contribution in [0.3, 0.4) is 0 Å². The highest BCUT2D eigenvalue weighted by molar-refractivity contribution is 5.75. The average Bonchev–Trinajstić information content (AvgIpc) is 2.66. The predicted octanol–water partition coefficient (Wildman–Crippen LogP) is 3.27. The molecule has 2 aromatic carbocycles. The lowest BCUT2D eigenvalue weighted by Crippen LogP contribution is -2.07. The summed E-state index contributed by atoms with van der Waals surface area (Å²) in [6.45, 7) is 0.136. The first-order chi connectivity index (χ1) is 12.2. The van der Waals surface area contributed by atoms with Gasteiger partial charge in [-0.1, -0.05) is 12.1 Å².